The van der Waals surface area contributed by atoms with Crippen molar-refractivity contribution in [3.05, 3.63) is 59.0 Å². The van der Waals surface area contributed by atoms with Crippen molar-refractivity contribution in [1.29, 1.82) is 5.26 Å². The molecule has 0 spiro atoms. The van der Waals surface area contributed by atoms with E-state index in [1.165, 1.54) is 13.3 Å². The number of hydrogen-bond donors (Lipinski definition) is 1. The minimum absolute atomic E-state index is 0.150. The fourth-order valence-corrected chi connectivity index (χ4v) is 5.90. The van der Waals surface area contributed by atoms with E-state index in [2.05, 4.69) is 25.7 Å². The minimum Gasteiger partial charge on any atom is -0.591 e. The standard InChI is InChI=1S/C30H37N5O5SSi/c1-19-15-24(39-5)25(21-11-12-34(27(19)21)29(36)37)26(33-41(38)30(2,3)4)28-32-22-16-20(17-31)9-10-23(22)35(28)18-40-13-14-42(6,7)8/h9-12,15-16H,13-14,18H2,1-8H3,(H,36,37). The fraction of sp³-hybridized carbons (Fsp3) is 0.400. The number of carbonyl (C=O) groups is 1. The highest BCUT2D eigenvalue weighted by molar-refractivity contribution is 7.91. The van der Waals surface area contributed by atoms with Crippen molar-refractivity contribution < 1.29 is 23.9 Å². The maximum atomic E-state index is 13.6. The average Bonchev–Trinajstić information content (AvgIpc) is 3.51. The van der Waals surface area contributed by atoms with Gasteiger partial charge < -0.3 is 19.1 Å². The Hall–Kier alpha value is -3.63. The van der Waals surface area contributed by atoms with E-state index < -0.39 is 30.3 Å². The Bertz CT molecular complexity index is 1720. The molecule has 2 aromatic heterocycles. The summed E-state index contributed by atoms with van der Waals surface area (Å²) in [4.78, 5) is 17.0. The molecule has 4 aromatic rings. The first-order valence-corrected chi connectivity index (χ1v) is 18.4. The molecule has 2 aromatic carbocycles. The van der Waals surface area contributed by atoms with E-state index in [1.54, 1.807) is 24.3 Å². The lowest BCUT2D eigenvalue weighted by atomic mass is 10.0. The zero-order valence-corrected chi connectivity index (χ0v) is 27.1. The van der Waals surface area contributed by atoms with Crippen molar-refractivity contribution in [3.63, 3.8) is 0 Å². The van der Waals surface area contributed by atoms with Crippen molar-refractivity contribution in [2.75, 3.05) is 13.7 Å². The van der Waals surface area contributed by atoms with Crippen molar-refractivity contribution in [2.24, 2.45) is 4.40 Å². The highest BCUT2D eigenvalue weighted by Gasteiger charge is 2.32. The summed E-state index contributed by atoms with van der Waals surface area (Å²) in [6.45, 7) is 14.8. The third kappa shape index (κ3) is 6.39. The predicted molar refractivity (Wildman–Crippen MR) is 169 cm³/mol. The van der Waals surface area contributed by atoms with Gasteiger partial charge in [-0.3, -0.25) is 9.13 Å². The van der Waals surface area contributed by atoms with Gasteiger partial charge in [-0.15, -0.1) is 0 Å². The number of imidazole rings is 1. The second kappa shape index (κ2) is 11.9. The van der Waals surface area contributed by atoms with Gasteiger partial charge in [-0.05, 0) is 69.6 Å². The van der Waals surface area contributed by atoms with Gasteiger partial charge in [0.05, 0.1) is 40.9 Å². The van der Waals surface area contributed by atoms with Gasteiger partial charge in [0.1, 0.15) is 28.6 Å². The molecule has 0 radical (unpaired) electrons. The average molecular weight is 608 g/mol. The lowest BCUT2D eigenvalue weighted by Gasteiger charge is -2.21. The van der Waals surface area contributed by atoms with E-state index in [4.69, 9.17) is 18.9 Å². The van der Waals surface area contributed by atoms with E-state index in [9.17, 15) is 19.7 Å². The van der Waals surface area contributed by atoms with Crippen molar-refractivity contribution >= 4 is 53.2 Å². The highest BCUT2D eigenvalue weighted by atomic mass is 32.2. The molecule has 0 saturated carbocycles. The molecule has 0 aliphatic heterocycles. The summed E-state index contributed by atoms with van der Waals surface area (Å²) in [6.07, 6.45) is 0.344. The van der Waals surface area contributed by atoms with Crippen LogP contribution in [-0.4, -0.2) is 62.1 Å². The Morgan fingerprint density at radius 3 is 2.55 bits per heavy atom. The number of nitriles is 1. The third-order valence-electron chi connectivity index (χ3n) is 6.79. The molecule has 0 aliphatic carbocycles. The lowest BCUT2D eigenvalue weighted by molar-refractivity contribution is 0.0895. The Kier molecular flexibility index (Phi) is 8.89. The van der Waals surface area contributed by atoms with Gasteiger partial charge >= 0.3 is 6.09 Å². The number of carboxylic acid groups (broad SMARTS) is 1. The first kappa shape index (κ1) is 31.3. The van der Waals surface area contributed by atoms with Crippen LogP contribution in [0.3, 0.4) is 0 Å². The normalized spacial score (nSPS) is 13.5. The second-order valence-electron chi connectivity index (χ2n) is 12.3. The molecule has 0 saturated heterocycles. The summed E-state index contributed by atoms with van der Waals surface area (Å²) >= 11 is -1.72. The van der Waals surface area contributed by atoms with E-state index >= 15 is 0 Å². The summed E-state index contributed by atoms with van der Waals surface area (Å²) in [7, 11) is 0.178. The van der Waals surface area contributed by atoms with Crippen LogP contribution in [0.5, 0.6) is 5.75 Å². The van der Waals surface area contributed by atoms with Crippen LogP contribution in [0.25, 0.3) is 21.9 Å². The number of hydrogen-bond acceptors (Lipinski definition) is 7. The number of aromatic nitrogens is 3. The first-order valence-electron chi connectivity index (χ1n) is 13.6. The monoisotopic (exact) mass is 607 g/mol. The zero-order chi connectivity index (χ0) is 31.0. The van der Waals surface area contributed by atoms with Crippen molar-refractivity contribution in [2.45, 2.75) is 64.9 Å². The quantitative estimate of drug-likeness (QED) is 0.102. The molecule has 12 heteroatoms. The van der Waals surface area contributed by atoms with E-state index in [0.717, 1.165) is 16.1 Å². The highest BCUT2D eigenvalue weighted by Crippen LogP contribution is 2.36. The number of nitrogens with zero attached hydrogens (tertiary/aromatic N) is 5. The molecule has 4 rings (SSSR count). The zero-order valence-electron chi connectivity index (χ0n) is 25.3. The van der Waals surface area contributed by atoms with Gasteiger partial charge in [0, 0.05) is 26.3 Å². The maximum Gasteiger partial charge on any atom is 0.416 e. The summed E-state index contributed by atoms with van der Waals surface area (Å²) in [5, 5.41) is 20.0. The second-order valence-corrected chi connectivity index (χ2v) is 19.9. The summed E-state index contributed by atoms with van der Waals surface area (Å²) in [5.41, 5.74) is 3.62. The van der Waals surface area contributed by atoms with Crippen molar-refractivity contribution in [1.82, 2.24) is 14.1 Å². The number of aryl methyl sites for hydroxylation is 1. The molecule has 0 bridgehead atoms. The van der Waals surface area contributed by atoms with E-state index in [1.807, 2.05) is 38.3 Å². The van der Waals surface area contributed by atoms with Gasteiger partial charge in [-0.1, -0.05) is 24.0 Å². The number of benzene rings is 2. The van der Waals surface area contributed by atoms with Crippen molar-refractivity contribution in [3.8, 4) is 11.8 Å². The number of fused-ring (bicyclic) bond motifs is 2. The van der Waals surface area contributed by atoms with Crippen LogP contribution in [0, 0.1) is 18.3 Å². The predicted octanol–water partition coefficient (Wildman–Crippen LogP) is 6.32. The molecule has 0 amide bonds. The lowest BCUT2D eigenvalue weighted by Crippen LogP contribution is -2.28. The third-order valence-corrected chi connectivity index (χ3v) is 9.89. The van der Waals surface area contributed by atoms with Crippen LogP contribution >= 0.6 is 0 Å². The molecule has 0 fully saturated rings. The number of rotatable bonds is 9. The van der Waals surface area contributed by atoms with E-state index in [0.29, 0.717) is 51.3 Å². The molecule has 2 heterocycles. The molecule has 222 valence electrons. The minimum atomic E-state index is -1.72. The van der Waals surface area contributed by atoms with Gasteiger partial charge in [-0.25, -0.2) is 9.78 Å². The molecule has 10 nitrogen and oxygen atoms in total. The van der Waals surface area contributed by atoms with Crippen LogP contribution in [-0.2, 0) is 22.8 Å². The Morgan fingerprint density at radius 2 is 1.95 bits per heavy atom. The van der Waals surface area contributed by atoms with Crippen LogP contribution in [0.2, 0.25) is 25.7 Å². The number of ether oxygens (including phenoxy) is 2. The summed E-state index contributed by atoms with van der Waals surface area (Å²) in [6, 6.07) is 11.8. The van der Waals surface area contributed by atoms with Gasteiger partial charge in [-0.2, -0.15) is 5.26 Å². The Balaban J connectivity index is 2.05. The van der Waals surface area contributed by atoms with Gasteiger partial charge in [0.15, 0.2) is 11.5 Å². The largest absolute Gasteiger partial charge is 0.591 e. The fourth-order valence-electron chi connectivity index (χ4n) is 4.53. The number of methoxy groups -OCH3 is 1. The SMILES string of the molecule is COc1cc(C)c2c(ccn2C(=O)O)c1C(=N[S+]([O-])C(C)(C)C)c1nc2cc(C#N)ccc2n1COCC[Si](C)(C)C. The van der Waals surface area contributed by atoms with E-state index in [-0.39, 0.29) is 12.4 Å². The Morgan fingerprint density at radius 1 is 1.24 bits per heavy atom. The topological polar surface area (TPSA) is 138 Å². The summed E-state index contributed by atoms with van der Waals surface area (Å²) in [5.74, 6) is 0.806. The smallest absolute Gasteiger partial charge is 0.416 e. The molecule has 0 aliphatic rings. The molecule has 1 atom stereocenters. The van der Waals surface area contributed by atoms with Gasteiger partial charge in [0.25, 0.3) is 0 Å². The first-order chi connectivity index (χ1) is 19.7. The van der Waals surface area contributed by atoms with Gasteiger partial charge in [0.2, 0.25) is 0 Å². The summed E-state index contributed by atoms with van der Waals surface area (Å²) < 4.78 is 32.7. The molecular weight excluding hydrogens is 571 g/mol. The molecule has 1 unspecified atom stereocenters. The van der Waals surface area contributed by atoms with Crippen LogP contribution in [0.15, 0.2) is 40.9 Å². The molecule has 42 heavy (non-hydrogen) atoms. The van der Waals surface area contributed by atoms with Crippen LogP contribution < -0.4 is 4.74 Å². The molecule has 1 N–H and O–H groups in total. The Labute approximate surface area is 249 Å². The van der Waals surface area contributed by atoms with Crippen LogP contribution in [0.4, 0.5) is 4.79 Å². The molecular formula is C30H37N5O5SSi. The van der Waals surface area contributed by atoms with Crippen LogP contribution in [0.1, 0.15) is 43.3 Å². The maximum absolute atomic E-state index is 13.6.